The summed E-state index contributed by atoms with van der Waals surface area (Å²) in [6, 6.07) is 6.85. The van der Waals surface area contributed by atoms with Crippen LogP contribution in [0, 0.1) is 6.92 Å². The van der Waals surface area contributed by atoms with Gasteiger partial charge < -0.3 is 5.32 Å². The van der Waals surface area contributed by atoms with Gasteiger partial charge in [-0.3, -0.25) is 9.71 Å². The van der Waals surface area contributed by atoms with E-state index in [0.29, 0.717) is 22.9 Å². The highest BCUT2D eigenvalue weighted by atomic mass is 35.5. The van der Waals surface area contributed by atoms with Gasteiger partial charge in [-0.05, 0) is 42.3 Å². The summed E-state index contributed by atoms with van der Waals surface area (Å²) >= 11 is 6.12. The number of aromatic nitrogens is 1. The predicted octanol–water partition coefficient (Wildman–Crippen LogP) is 3.03. The minimum absolute atomic E-state index is 0.465. The molecule has 0 amide bonds. The van der Waals surface area contributed by atoms with E-state index in [4.69, 9.17) is 11.6 Å². The highest BCUT2D eigenvalue weighted by Gasteiger charge is 2.06. The first-order valence-electron chi connectivity index (χ1n) is 6.26. The molecule has 0 atom stereocenters. The molecule has 1 aromatic heterocycles. The maximum absolute atomic E-state index is 11.2. The molecule has 0 aliphatic heterocycles. The second kappa shape index (κ2) is 6.32. The van der Waals surface area contributed by atoms with Crippen LogP contribution >= 0.6 is 11.6 Å². The van der Waals surface area contributed by atoms with E-state index in [1.165, 1.54) is 0 Å². The summed E-state index contributed by atoms with van der Waals surface area (Å²) in [7, 11) is -3.31. The van der Waals surface area contributed by atoms with E-state index in [0.717, 1.165) is 17.4 Å². The Morgan fingerprint density at radius 1 is 1.29 bits per heavy atom. The zero-order chi connectivity index (χ0) is 15.5. The zero-order valence-corrected chi connectivity index (χ0v) is 13.3. The molecule has 0 spiro atoms. The maximum Gasteiger partial charge on any atom is 0.229 e. The fraction of sp³-hybridized carbons (Fsp3) is 0.214. The lowest BCUT2D eigenvalue weighted by Crippen LogP contribution is -2.10. The summed E-state index contributed by atoms with van der Waals surface area (Å²) in [4.78, 5) is 4.08. The molecule has 5 nitrogen and oxygen atoms in total. The second-order valence-electron chi connectivity index (χ2n) is 4.72. The van der Waals surface area contributed by atoms with Crippen LogP contribution in [0.15, 0.2) is 36.7 Å². The number of rotatable bonds is 5. The topological polar surface area (TPSA) is 71.1 Å². The lowest BCUT2D eigenvalue weighted by Gasteiger charge is -2.12. The number of aryl methyl sites for hydroxylation is 1. The molecule has 0 aliphatic carbocycles. The van der Waals surface area contributed by atoms with Gasteiger partial charge in [0, 0.05) is 18.9 Å². The van der Waals surface area contributed by atoms with Gasteiger partial charge in [0.2, 0.25) is 10.0 Å². The van der Waals surface area contributed by atoms with Crippen molar-refractivity contribution in [3.8, 4) is 0 Å². The van der Waals surface area contributed by atoms with Gasteiger partial charge >= 0.3 is 0 Å². The molecule has 2 aromatic rings. The average Bonchev–Trinajstić information content (AvgIpc) is 2.39. The summed E-state index contributed by atoms with van der Waals surface area (Å²) in [5.41, 5.74) is 3.30. The van der Waals surface area contributed by atoms with Crippen LogP contribution < -0.4 is 10.0 Å². The molecule has 2 N–H and O–H groups in total. The fourth-order valence-electron chi connectivity index (χ4n) is 1.81. The van der Waals surface area contributed by atoms with Crippen molar-refractivity contribution in [3.05, 3.63) is 52.8 Å². The highest BCUT2D eigenvalue weighted by molar-refractivity contribution is 7.92. The van der Waals surface area contributed by atoms with E-state index in [1.807, 2.05) is 13.0 Å². The average molecular weight is 326 g/mol. The normalized spacial score (nSPS) is 11.2. The fourth-order valence-corrected chi connectivity index (χ4v) is 2.55. The molecule has 0 saturated carbocycles. The van der Waals surface area contributed by atoms with Crippen molar-refractivity contribution in [3.63, 3.8) is 0 Å². The van der Waals surface area contributed by atoms with Crippen LogP contribution in [0.25, 0.3) is 0 Å². The number of nitrogens with one attached hydrogen (secondary N) is 2. The van der Waals surface area contributed by atoms with Crippen molar-refractivity contribution < 1.29 is 8.42 Å². The molecule has 1 heterocycles. The predicted molar refractivity (Wildman–Crippen MR) is 86.2 cm³/mol. The number of anilines is 2. The summed E-state index contributed by atoms with van der Waals surface area (Å²) in [6.45, 7) is 2.56. The first kappa shape index (κ1) is 15.6. The van der Waals surface area contributed by atoms with Crippen LogP contribution in [0.1, 0.15) is 11.1 Å². The molecule has 112 valence electrons. The van der Waals surface area contributed by atoms with E-state index in [2.05, 4.69) is 15.0 Å². The van der Waals surface area contributed by atoms with Crippen LogP contribution in [0.5, 0.6) is 0 Å². The van der Waals surface area contributed by atoms with Crippen molar-refractivity contribution in [2.24, 2.45) is 0 Å². The first-order chi connectivity index (χ1) is 9.85. The number of sulfonamides is 1. The Morgan fingerprint density at radius 3 is 2.71 bits per heavy atom. The third-order valence-electron chi connectivity index (χ3n) is 2.89. The quantitative estimate of drug-likeness (QED) is 0.886. The third kappa shape index (κ3) is 4.61. The third-order valence-corrected chi connectivity index (χ3v) is 3.82. The molecule has 0 unspecified atom stereocenters. The Labute approximate surface area is 129 Å². The van der Waals surface area contributed by atoms with Crippen LogP contribution in [0.3, 0.4) is 0 Å². The number of nitrogens with zero attached hydrogens (tertiary/aromatic N) is 1. The van der Waals surface area contributed by atoms with Crippen LogP contribution in [0.4, 0.5) is 11.4 Å². The molecule has 7 heteroatoms. The van der Waals surface area contributed by atoms with E-state index >= 15 is 0 Å². The van der Waals surface area contributed by atoms with E-state index in [1.54, 1.807) is 30.6 Å². The molecule has 0 bridgehead atoms. The molecular weight excluding hydrogens is 310 g/mol. The Morgan fingerprint density at radius 2 is 2.05 bits per heavy atom. The van der Waals surface area contributed by atoms with Crippen molar-refractivity contribution >= 4 is 33.0 Å². The summed E-state index contributed by atoms with van der Waals surface area (Å²) in [5.74, 6) is 0. The van der Waals surface area contributed by atoms with Gasteiger partial charge in [-0.25, -0.2) is 8.42 Å². The minimum Gasteiger partial charge on any atom is -0.380 e. The Kier molecular flexibility index (Phi) is 4.69. The lowest BCUT2D eigenvalue weighted by molar-refractivity contribution is 0.607. The van der Waals surface area contributed by atoms with Gasteiger partial charge in [-0.15, -0.1) is 0 Å². The molecule has 0 saturated heterocycles. The van der Waals surface area contributed by atoms with Crippen molar-refractivity contribution in [2.75, 3.05) is 16.3 Å². The molecule has 2 rings (SSSR count). The summed E-state index contributed by atoms with van der Waals surface area (Å²) in [6.07, 6.45) is 4.63. The monoisotopic (exact) mass is 325 g/mol. The van der Waals surface area contributed by atoms with Gasteiger partial charge in [-0.1, -0.05) is 11.6 Å². The number of halogens is 1. The van der Waals surface area contributed by atoms with E-state index in [9.17, 15) is 8.42 Å². The van der Waals surface area contributed by atoms with Crippen LogP contribution in [0.2, 0.25) is 5.02 Å². The first-order valence-corrected chi connectivity index (χ1v) is 8.53. The zero-order valence-electron chi connectivity index (χ0n) is 11.7. The lowest BCUT2D eigenvalue weighted by atomic mass is 10.1. The number of hydrogen-bond donors (Lipinski definition) is 2. The second-order valence-corrected chi connectivity index (χ2v) is 6.88. The summed E-state index contributed by atoms with van der Waals surface area (Å²) < 4.78 is 24.9. The Bertz CT molecular complexity index is 748. The van der Waals surface area contributed by atoms with Gasteiger partial charge in [0.25, 0.3) is 0 Å². The standard InChI is InChI=1S/C14H16ClN3O2S/c1-10-5-6-16-8-11(10)9-17-14-7-12(3-4-13(14)15)18-21(2,19)20/h3-8,17-18H,9H2,1-2H3. The van der Waals surface area contributed by atoms with Crippen molar-refractivity contribution in [2.45, 2.75) is 13.5 Å². The number of pyridine rings is 1. The molecular formula is C14H16ClN3O2S. The van der Waals surface area contributed by atoms with Gasteiger partial charge in [0.15, 0.2) is 0 Å². The van der Waals surface area contributed by atoms with Gasteiger partial charge in [-0.2, -0.15) is 0 Å². The van der Waals surface area contributed by atoms with Crippen LogP contribution in [-0.4, -0.2) is 19.7 Å². The van der Waals surface area contributed by atoms with Crippen molar-refractivity contribution in [1.29, 1.82) is 0 Å². The molecule has 0 aliphatic rings. The largest absolute Gasteiger partial charge is 0.380 e. The van der Waals surface area contributed by atoms with Crippen molar-refractivity contribution in [1.82, 2.24) is 4.98 Å². The van der Waals surface area contributed by atoms with E-state index < -0.39 is 10.0 Å². The Hall–Kier alpha value is -1.79. The molecule has 21 heavy (non-hydrogen) atoms. The minimum atomic E-state index is -3.31. The Balaban J connectivity index is 2.16. The van der Waals surface area contributed by atoms with Gasteiger partial charge in [0.05, 0.1) is 22.7 Å². The molecule has 0 fully saturated rings. The molecule has 1 aromatic carbocycles. The van der Waals surface area contributed by atoms with Crippen LogP contribution in [-0.2, 0) is 16.6 Å². The maximum atomic E-state index is 11.2. The smallest absolute Gasteiger partial charge is 0.229 e. The van der Waals surface area contributed by atoms with E-state index in [-0.39, 0.29) is 0 Å². The van der Waals surface area contributed by atoms with Gasteiger partial charge in [0.1, 0.15) is 0 Å². The highest BCUT2D eigenvalue weighted by Crippen LogP contribution is 2.26. The summed E-state index contributed by atoms with van der Waals surface area (Å²) in [5, 5.41) is 3.71. The SMILES string of the molecule is Cc1ccncc1CNc1cc(NS(C)(=O)=O)ccc1Cl. The number of benzene rings is 1. The number of hydrogen-bond acceptors (Lipinski definition) is 4. The molecule has 0 radical (unpaired) electrons.